The largest absolute Gasteiger partial charge is 0.408 e. The molecule has 0 spiro atoms. The highest BCUT2D eigenvalue weighted by molar-refractivity contribution is 7.86. The van der Waals surface area contributed by atoms with Gasteiger partial charge in [-0.3, -0.25) is 4.90 Å². The van der Waals surface area contributed by atoms with E-state index in [2.05, 4.69) is 10.00 Å². The van der Waals surface area contributed by atoms with Crippen molar-refractivity contribution >= 4 is 33.8 Å². The molecule has 2 aliphatic rings. The van der Waals surface area contributed by atoms with Gasteiger partial charge in [0.2, 0.25) is 0 Å². The summed E-state index contributed by atoms with van der Waals surface area (Å²) in [4.78, 5) is 3.38. The molecule has 2 fully saturated rings. The van der Waals surface area contributed by atoms with E-state index in [1.807, 2.05) is 31.4 Å². The normalized spacial score (nSPS) is 25.4. The molecule has 4 heterocycles. The molecule has 29 heavy (non-hydrogen) atoms. The zero-order valence-corrected chi connectivity index (χ0v) is 18.9. The van der Waals surface area contributed by atoms with Crippen LogP contribution in [0.2, 0.25) is 0 Å². The van der Waals surface area contributed by atoms with E-state index in [1.165, 1.54) is 0 Å². The van der Waals surface area contributed by atoms with Crippen molar-refractivity contribution in [2.75, 3.05) is 39.3 Å². The second kappa shape index (κ2) is 8.53. The maximum atomic E-state index is 13.0. The van der Waals surface area contributed by atoms with Gasteiger partial charge >= 0.3 is 0 Å². The fraction of sp³-hybridized carbons (Fsp3) is 0.647. The summed E-state index contributed by atoms with van der Waals surface area (Å²) in [6.07, 6.45) is -0.192. The Hall–Kier alpha value is -1.15. The molecule has 2 saturated heterocycles. The minimum Gasteiger partial charge on any atom is -0.408 e. The topological polar surface area (TPSA) is 84.1 Å². The number of piperazine rings is 1. The van der Waals surface area contributed by atoms with E-state index in [4.69, 9.17) is 21.4 Å². The van der Waals surface area contributed by atoms with E-state index >= 15 is 0 Å². The van der Waals surface area contributed by atoms with Crippen molar-refractivity contribution in [2.45, 2.75) is 32.7 Å². The molecule has 0 saturated carbocycles. The molecule has 2 aromatic rings. The number of rotatable bonds is 5. The van der Waals surface area contributed by atoms with Gasteiger partial charge in [0.15, 0.2) is 0 Å². The van der Waals surface area contributed by atoms with Gasteiger partial charge in [0.05, 0.1) is 23.8 Å². The van der Waals surface area contributed by atoms with E-state index in [1.54, 1.807) is 24.6 Å². The van der Waals surface area contributed by atoms with Crippen molar-refractivity contribution < 1.29 is 17.6 Å². The summed E-state index contributed by atoms with van der Waals surface area (Å²) in [6, 6.07) is 3.87. The molecule has 0 aliphatic carbocycles. The molecule has 160 valence electrons. The van der Waals surface area contributed by atoms with E-state index < -0.39 is 10.2 Å². The molecule has 0 bridgehead atoms. The molecule has 0 amide bonds. The highest BCUT2D eigenvalue weighted by Gasteiger charge is 2.36. The number of ether oxygens (including phenoxy) is 1. The lowest BCUT2D eigenvalue weighted by atomic mass is 10.3. The molecular weight excluding hydrogens is 434 g/mol. The van der Waals surface area contributed by atoms with Gasteiger partial charge in [-0.2, -0.15) is 17.0 Å². The van der Waals surface area contributed by atoms with Crippen LogP contribution in [0.3, 0.4) is 0 Å². The fourth-order valence-corrected chi connectivity index (χ4v) is 6.24. The van der Waals surface area contributed by atoms with E-state index in [0.29, 0.717) is 56.7 Å². The van der Waals surface area contributed by atoms with Crippen LogP contribution in [0.25, 0.3) is 10.8 Å². The Morgan fingerprint density at radius 3 is 2.48 bits per heavy atom. The molecule has 2 unspecified atom stereocenters. The van der Waals surface area contributed by atoms with Crippen LogP contribution in [0.4, 0.5) is 0 Å². The zero-order chi connectivity index (χ0) is 20.6. The Morgan fingerprint density at radius 1 is 1.17 bits per heavy atom. The van der Waals surface area contributed by atoms with Gasteiger partial charge in [-0.05, 0) is 37.5 Å². The quantitative estimate of drug-likeness (QED) is 0.631. The van der Waals surface area contributed by atoms with Crippen LogP contribution in [0.15, 0.2) is 21.9 Å². The number of thiophene rings is 1. The lowest BCUT2D eigenvalue weighted by molar-refractivity contribution is -0.0458. The third kappa shape index (κ3) is 4.63. The lowest BCUT2D eigenvalue weighted by Gasteiger charge is -2.40. The number of hydrogen-bond acceptors (Lipinski definition) is 8. The number of nitrogens with zero attached hydrogens (tertiary/aromatic N) is 5. The predicted octanol–water partition coefficient (Wildman–Crippen LogP) is 1.86. The van der Waals surface area contributed by atoms with Crippen molar-refractivity contribution in [3.63, 3.8) is 0 Å². The molecule has 0 radical (unpaired) electrons. The van der Waals surface area contributed by atoms with Crippen LogP contribution in [-0.2, 0) is 21.6 Å². The minimum absolute atomic E-state index is 0.0959. The molecule has 2 aliphatic heterocycles. The summed E-state index contributed by atoms with van der Waals surface area (Å²) in [5.41, 5.74) is 0. The first-order chi connectivity index (χ1) is 13.8. The maximum absolute atomic E-state index is 13.0. The highest BCUT2D eigenvalue weighted by atomic mass is 32.2. The van der Waals surface area contributed by atoms with E-state index in [9.17, 15) is 8.42 Å². The third-order valence-corrected chi connectivity index (χ3v) is 8.16. The second-order valence-corrected chi connectivity index (χ2v) is 10.6. The zero-order valence-electron chi connectivity index (χ0n) is 16.4. The van der Waals surface area contributed by atoms with Gasteiger partial charge in [0, 0.05) is 39.3 Å². The fourth-order valence-electron chi connectivity index (χ4n) is 3.67. The molecule has 2 aromatic heterocycles. The minimum atomic E-state index is -3.48. The molecule has 2 atom stereocenters. The Morgan fingerprint density at radius 2 is 1.86 bits per heavy atom. The Labute approximate surface area is 179 Å². The predicted molar refractivity (Wildman–Crippen MR) is 112 cm³/mol. The average molecular weight is 460 g/mol. The smallest absolute Gasteiger partial charge is 0.288 e. The first-order valence-corrected chi connectivity index (χ1v) is 12.3. The summed E-state index contributed by atoms with van der Waals surface area (Å²) in [6.45, 7) is 7.17. The molecule has 9 nitrogen and oxygen atoms in total. The Kier molecular flexibility index (Phi) is 6.21. The standard InChI is InChI=1S/C17H25N5O4S3/c1-13-10-21(11-14(2)25-13)29(23,24)20-7-5-19(6-8-20)12-22-17(27)26-16(18-22)15-4-3-9-28-15/h3-4,9,13-14H,5-8,10-12H2,1-2H3. The van der Waals surface area contributed by atoms with Crippen LogP contribution in [0.1, 0.15) is 13.8 Å². The molecule has 4 rings (SSSR count). The summed E-state index contributed by atoms with van der Waals surface area (Å²) in [5.74, 6) is 0.516. The molecule has 0 N–H and O–H groups in total. The molecule has 12 heteroatoms. The van der Waals surface area contributed by atoms with Gasteiger partial charge in [-0.25, -0.2) is 4.68 Å². The van der Waals surface area contributed by atoms with Crippen LogP contribution in [-0.4, -0.2) is 83.2 Å². The summed E-state index contributed by atoms with van der Waals surface area (Å²) in [7, 11) is -3.48. The average Bonchev–Trinajstić information content (AvgIpc) is 3.32. The van der Waals surface area contributed by atoms with Gasteiger partial charge < -0.3 is 9.15 Å². The lowest BCUT2D eigenvalue weighted by Crippen LogP contribution is -2.57. The Bertz CT molecular complexity index is 969. The number of morpholine rings is 1. The first kappa shape index (κ1) is 21.1. The number of aromatic nitrogens is 2. The van der Waals surface area contributed by atoms with Crippen molar-refractivity contribution in [3.8, 4) is 10.8 Å². The van der Waals surface area contributed by atoms with Crippen molar-refractivity contribution in [2.24, 2.45) is 0 Å². The third-order valence-electron chi connectivity index (χ3n) is 5.04. The van der Waals surface area contributed by atoms with Gasteiger partial charge in [-0.1, -0.05) is 6.07 Å². The van der Waals surface area contributed by atoms with Gasteiger partial charge in [0.1, 0.15) is 0 Å². The van der Waals surface area contributed by atoms with Crippen LogP contribution in [0.5, 0.6) is 0 Å². The highest BCUT2D eigenvalue weighted by Crippen LogP contribution is 2.23. The van der Waals surface area contributed by atoms with Gasteiger partial charge in [0.25, 0.3) is 20.9 Å². The summed E-state index contributed by atoms with van der Waals surface area (Å²) < 4.78 is 42.1. The monoisotopic (exact) mass is 459 g/mol. The molecular formula is C17H25N5O4S3. The SMILES string of the molecule is CC1CN(S(=O)(=O)N2CCN(Cn3nc(-c4cccs4)oc3=S)CC2)CC(C)O1. The van der Waals surface area contributed by atoms with E-state index in [0.717, 1.165) is 4.88 Å². The second-order valence-electron chi connectivity index (χ2n) is 7.39. The van der Waals surface area contributed by atoms with Crippen molar-refractivity contribution in [1.82, 2.24) is 23.3 Å². The van der Waals surface area contributed by atoms with Crippen molar-refractivity contribution in [3.05, 3.63) is 22.4 Å². The van der Waals surface area contributed by atoms with E-state index in [-0.39, 0.29) is 12.2 Å². The Balaban J connectivity index is 1.37. The summed E-state index contributed by atoms with van der Waals surface area (Å²) >= 11 is 6.84. The van der Waals surface area contributed by atoms with Crippen LogP contribution in [0, 0.1) is 4.84 Å². The maximum Gasteiger partial charge on any atom is 0.288 e. The van der Waals surface area contributed by atoms with Crippen molar-refractivity contribution in [1.29, 1.82) is 0 Å². The van der Waals surface area contributed by atoms with Crippen LogP contribution >= 0.6 is 23.6 Å². The molecule has 0 aromatic carbocycles. The van der Waals surface area contributed by atoms with Crippen LogP contribution < -0.4 is 0 Å². The number of hydrogen-bond donors (Lipinski definition) is 0. The first-order valence-electron chi connectivity index (χ1n) is 9.58. The van der Waals surface area contributed by atoms with Gasteiger partial charge in [-0.15, -0.1) is 16.4 Å². The summed E-state index contributed by atoms with van der Waals surface area (Å²) in [5, 5.41) is 6.43.